The van der Waals surface area contributed by atoms with Crippen LogP contribution in [0.25, 0.3) is 0 Å². The van der Waals surface area contributed by atoms with Crippen LogP contribution in [0.5, 0.6) is 11.5 Å². The summed E-state index contributed by atoms with van der Waals surface area (Å²) in [6, 6.07) is 6.33. The minimum Gasteiger partial charge on any atom is -0.497 e. The second-order valence-electron chi connectivity index (χ2n) is 5.49. The van der Waals surface area contributed by atoms with Crippen molar-refractivity contribution in [3.05, 3.63) is 23.8 Å². The molecule has 0 saturated carbocycles. The van der Waals surface area contributed by atoms with Crippen LogP contribution in [0.4, 0.5) is 0 Å². The van der Waals surface area contributed by atoms with Crippen LogP contribution in [0.1, 0.15) is 37.8 Å². The molecule has 21 heavy (non-hydrogen) atoms. The number of ether oxygens (including phenoxy) is 3. The molecular formula is C17H27NO3. The molecule has 2 rings (SSSR count). The lowest BCUT2D eigenvalue weighted by molar-refractivity contribution is 0.0532. The lowest BCUT2D eigenvalue weighted by Gasteiger charge is -2.32. The van der Waals surface area contributed by atoms with Crippen LogP contribution in [0.15, 0.2) is 18.2 Å². The van der Waals surface area contributed by atoms with Crippen molar-refractivity contribution < 1.29 is 14.2 Å². The van der Waals surface area contributed by atoms with Gasteiger partial charge in [0.1, 0.15) is 11.5 Å². The van der Waals surface area contributed by atoms with E-state index in [2.05, 4.69) is 18.3 Å². The Morgan fingerprint density at radius 2 is 2.00 bits per heavy atom. The average Bonchev–Trinajstić information content (AvgIpc) is 2.56. The Balaban J connectivity index is 2.29. The first-order valence-electron chi connectivity index (χ1n) is 7.83. The van der Waals surface area contributed by atoms with Gasteiger partial charge >= 0.3 is 0 Å². The Kier molecular flexibility index (Phi) is 6.33. The quantitative estimate of drug-likeness (QED) is 0.838. The van der Waals surface area contributed by atoms with Crippen LogP contribution in [0.2, 0.25) is 0 Å². The SMILES string of the molecule is CCCNC(c1cc(OC)ccc1OC)C1CCOCC1. The molecule has 0 spiro atoms. The van der Waals surface area contributed by atoms with Crippen LogP contribution in [-0.2, 0) is 4.74 Å². The fourth-order valence-corrected chi connectivity index (χ4v) is 2.96. The predicted octanol–water partition coefficient (Wildman–Crippen LogP) is 3.17. The fourth-order valence-electron chi connectivity index (χ4n) is 2.96. The number of hydrogen-bond acceptors (Lipinski definition) is 4. The lowest BCUT2D eigenvalue weighted by Crippen LogP contribution is -2.33. The average molecular weight is 293 g/mol. The third kappa shape index (κ3) is 4.11. The molecular weight excluding hydrogens is 266 g/mol. The molecule has 1 aliphatic rings. The maximum atomic E-state index is 5.57. The van der Waals surface area contributed by atoms with Gasteiger partial charge < -0.3 is 19.5 Å². The Hall–Kier alpha value is -1.26. The van der Waals surface area contributed by atoms with E-state index < -0.39 is 0 Å². The van der Waals surface area contributed by atoms with Gasteiger partial charge in [0.15, 0.2) is 0 Å². The van der Waals surface area contributed by atoms with E-state index in [0.717, 1.165) is 50.5 Å². The zero-order chi connectivity index (χ0) is 15.1. The molecule has 1 N–H and O–H groups in total. The van der Waals surface area contributed by atoms with Gasteiger partial charge in [-0.05, 0) is 49.9 Å². The van der Waals surface area contributed by atoms with E-state index >= 15 is 0 Å². The number of rotatable bonds is 7. The molecule has 1 saturated heterocycles. The van der Waals surface area contributed by atoms with Gasteiger partial charge in [0.05, 0.1) is 14.2 Å². The van der Waals surface area contributed by atoms with E-state index in [1.54, 1.807) is 14.2 Å². The van der Waals surface area contributed by atoms with Gasteiger partial charge in [-0.15, -0.1) is 0 Å². The first kappa shape index (κ1) is 16.1. The lowest BCUT2D eigenvalue weighted by atomic mass is 9.86. The van der Waals surface area contributed by atoms with Crippen LogP contribution in [0, 0.1) is 5.92 Å². The summed E-state index contributed by atoms with van der Waals surface area (Å²) in [5.74, 6) is 2.38. The van der Waals surface area contributed by atoms with Gasteiger partial charge in [-0.1, -0.05) is 6.92 Å². The molecule has 1 aromatic rings. The highest BCUT2D eigenvalue weighted by Gasteiger charge is 2.27. The van der Waals surface area contributed by atoms with Gasteiger partial charge in [0.25, 0.3) is 0 Å². The summed E-state index contributed by atoms with van der Waals surface area (Å²) in [6.45, 7) is 4.89. The van der Waals surface area contributed by atoms with E-state index in [4.69, 9.17) is 14.2 Å². The van der Waals surface area contributed by atoms with Crippen molar-refractivity contribution in [1.29, 1.82) is 0 Å². The highest BCUT2D eigenvalue weighted by molar-refractivity contribution is 5.42. The highest BCUT2D eigenvalue weighted by atomic mass is 16.5. The van der Waals surface area contributed by atoms with Crippen LogP contribution in [-0.4, -0.2) is 34.0 Å². The molecule has 1 aromatic carbocycles. The Bertz CT molecular complexity index is 430. The van der Waals surface area contributed by atoms with Gasteiger partial charge in [-0.2, -0.15) is 0 Å². The van der Waals surface area contributed by atoms with Crippen molar-refractivity contribution >= 4 is 0 Å². The summed E-state index contributed by atoms with van der Waals surface area (Å²) in [4.78, 5) is 0. The largest absolute Gasteiger partial charge is 0.497 e. The monoisotopic (exact) mass is 293 g/mol. The molecule has 1 heterocycles. The number of benzene rings is 1. The molecule has 0 aliphatic carbocycles. The van der Waals surface area contributed by atoms with Gasteiger partial charge in [0.2, 0.25) is 0 Å². The minimum atomic E-state index is 0.291. The molecule has 1 unspecified atom stereocenters. The predicted molar refractivity (Wildman–Crippen MR) is 84.1 cm³/mol. The third-order valence-corrected chi connectivity index (χ3v) is 4.12. The van der Waals surface area contributed by atoms with Gasteiger partial charge in [-0.3, -0.25) is 0 Å². The van der Waals surface area contributed by atoms with E-state index in [1.807, 2.05) is 12.1 Å². The van der Waals surface area contributed by atoms with Crippen molar-refractivity contribution in [1.82, 2.24) is 5.32 Å². The Morgan fingerprint density at radius 1 is 1.24 bits per heavy atom. The number of nitrogens with one attached hydrogen (secondary N) is 1. The first-order chi connectivity index (χ1) is 10.3. The normalized spacial score (nSPS) is 17.5. The standard InChI is InChI=1S/C17H27NO3/c1-4-9-18-17(13-7-10-21-11-8-13)15-12-14(19-2)5-6-16(15)20-3/h5-6,12-13,17-18H,4,7-11H2,1-3H3. The topological polar surface area (TPSA) is 39.7 Å². The minimum absolute atomic E-state index is 0.291. The van der Waals surface area contributed by atoms with Crippen molar-refractivity contribution in [2.45, 2.75) is 32.2 Å². The van der Waals surface area contributed by atoms with E-state index in [9.17, 15) is 0 Å². The van der Waals surface area contributed by atoms with E-state index in [1.165, 1.54) is 5.56 Å². The van der Waals surface area contributed by atoms with Crippen molar-refractivity contribution in [3.8, 4) is 11.5 Å². The molecule has 0 aromatic heterocycles. The molecule has 1 atom stereocenters. The molecule has 1 fully saturated rings. The number of methoxy groups -OCH3 is 2. The maximum Gasteiger partial charge on any atom is 0.123 e. The fraction of sp³-hybridized carbons (Fsp3) is 0.647. The molecule has 118 valence electrons. The summed E-state index contributed by atoms with van der Waals surface area (Å²) in [5, 5.41) is 3.69. The molecule has 0 bridgehead atoms. The maximum absolute atomic E-state index is 5.57. The second-order valence-corrected chi connectivity index (χ2v) is 5.49. The van der Waals surface area contributed by atoms with Crippen LogP contribution in [0.3, 0.4) is 0 Å². The third-order valence-electron chi connectivity index (χ3n) is 4.12. The number of hydrogen-bond donors (Lipinski definition) is 1. The summed E-state index contributed by atoms with van der Waals surface area (Å²) in [7, 11) is 3.43. The van der Waals surface area contributed by atoms with Crippen molar-refractivity contribution in [2.24, 2.45) is 5.92 Å². The second kappa shape index (κ2) is 8.25. The smallest absolute Gasteiger partial charge is 0.123 e. The summed E-state index contributed by atoms with van der Waals surface area (Å²) < 4.78 is 16.5. The zero-order valence-electron chi connectivity index (χ0n) is 13.4. The van der Waals surface area contributed by atoms with Crippen molar-refractivity contribution in [3.63, 3.8) is 0 Å². The molecule has 4 heteroatoms. The van der Waals surface area contributed by atoms with Crippen molar-refractivity contribution in [2.75, 3.05) is 34.0 Å². The molecule has 0 amide bonds. The van der Waals surface area contributed by atoms with Gasteiger partial charge in [0, 0.05) is 24.8 Å². The van der Waals surface area contributed by atoms with Crippen LogP contribution < -0.4 is 14.8 Å². The summed E-state index contributed by atoms with van der Waals surface area (Å²) in [5.41, 5.74) is 1.19. The summed E-state index contributed by atoms with van der Waals surface area (Å²) in [6.07, 6.45) is 3.29. The Labute approximate surface area is 127 Å². The molecule has 1 aliphatic heterocycles. The molecule has 0 radical (unpaired) electrons. The van der Waals surface area contributed by atoms with E-state index in [-0.39, 0.29) is 0 Å². The zero-order valence-corrected chi connectivity index (χ0v) is 13.4. The highest BCUT2D eigenvalue weighted by Crippen LogP contribution is 2.37. The molecule has 4 nitrogen and oxygen atoms in total. The Morgan fingerprint density at radius 3 is 2.62 bits per heavy atom. The van der Waals surface area contributed by atoms with Gasteiger partial charge in [-0.25, -0.2) is 0 Å². The van der Waals surface area contributed by atoms with E-state index in [0.29, 0.717) is 12.0 Å². The van der Waals surface area contributed by atoms with Crippen LogP contribution >= 0.6 is 0 Å². The first-order valence-corrected chi connectivity index (χ1v) is 7.83. The summed E-state index contributed by atoms with van der Waals surface area (Å²) >= 11 is 0.